The minimum Gasteiger partial charge on any atom is -0.468 e. The van der Waals surface area contributed by atoms with Gasteiger partial charge in [-0.15, -0.1) is 0 Å². The van der Waals surface area contributed by atoms with Crippen molar-refractivity contribution in [3.8, 4) is 0 Å². The van der Waals surface area contributed by atoms with Crippen LogP contribution in [0.15, 0.2) is 0 Å². The highest BCUT2D eigenvalue weighted by atomic mass is 127. The Kier molecular flexibility index (Phi) is 3.40. The zero-order chi connectivity index (χ0) is 8.36. The maximum Gasteiger partial charge on any atom is 0.411 e. The third-order valence-corrected chi connectivity index (χ3v) is 1.91. The smallest absolute Gasteiger partial charge is 0.411 e. The standard InChI is InChI=1S/C4H4F3IO2/c1-10-3(9)2(8)4(5,6)7/h2H,1H3/t2-/m0/s1. The zero-order valence-corrected chi connectivity index (χ0v) is 7.06. The first kappa shape index (κ1) is 9.99. The van der Waals surface area contributed by atoms with Crippen molar-refractivity contribution >= 4 is 28.6 Å². The van der Waals surface area contributed by atoms with E-state index in [1.807, 2.05) is 0 Å². The lowest BCUT2D eigenvalue weighted by Gasteiger charge is -2.10. The molecule has 0 aliphatic heterocycles. The first-order valence-corrected chi connectivity index (χ1v) is 3.42. The van der Waals surface area contributed by atoms with Crippen LogP contribution in [0.25, 0.3) is 0 Å². The number of hydrogen-bond acceptors (Lipinski definition) is 2. The molecule has 0 heterocycles. The van der Waals surface area contributed by atoms with Gasteiger partial charge in [-0.05, 0) is 0 Å². The van der Waals surface area contributed by atoms with E-state index < -0.39 is 16.1 Å². The van der Waals surface area contributed by atoms with E-state index in [0.717, 1.165) is 29.7 Å². The Labute approximate surface area is 68.9 Å². The van der Waals surface area contributed by atoms with Gasteiger partial charge in [0.25, 0.3) is 0 Å². The molecule has 0 amide bonds. The van der Waals surface area contributed by atoms with Gasteiger partial charge in [-0.2, -0.15) is 13.2 Å². The summed E-state index contributed by atoms with van der Waals surface area (Å²) in [6.07, 6.45) is -4.51. The van der Waals surface area contributed by atoms with Crippen LogP contribution in [0.2, 0.25) is 0 Å². The lowest BCUT2D eigenvalue weighted by atomic mass is 10.4. The lowest BCUT2D eigenvalue weighted by molar-refractivity contribution is -0.163. The number of esters is 1. The van der Waals surface area contributed by atoms with Crippen LogP contribution < -0.4 is 0 Å². The summed E-state index contributed by atoms with van der Waals surface area (Å²) in [5, 5.41) is 0. The van der Waals surface area contributed by atoms with Gasteiger partial charge in [0.05, 0.1) is 7.11 Å². The first-order chi connectivity index (χ1) is 4.39. The molecule has 0 aromatic rings. The molecule has 1 atom stereocenters. The van der Waals surface area contributed by atoms with Gasteiger partial charge in [-0.3, -0.25) is 4.79 Å². The van der Waals surface area contributed by atoms with E-state index in [1.54, 1.807) is 0 Å². The number of methoxy groups -OCH3 is 1. The Balaban J connectivity index is 4.08. The first-order valence-electron chi connectivity index (χ1n) is 2.18. The van der Waals surface area contributed by atoms with Crippen LogP contribution in [0, 0.1) is 0 Å². The van der Waals surface area contributed by atoms with Gasteiger partial charge in [0.2, 0.25) is 3.92 Å². The Morgan fingerprint density at radius 1 is 1.60 bits per heavy atom. The van der Waals surface area contributed by atoms with Crippen LogP contribution in [0.1, 0.15) is 0 Å². The molecule has 0 aromatic carbocycles. The van der Waals surface area contributed by atoms with Crippen LogP contribution in [0.3, 0.4) is 0 Å². The molecule has 10 heavy (non-hydrogen) atoms. The molecule has 0 aliphatic carbocycles. The summed E-state index contributed by atoms with van der Waals surface area (Å²) in [7, 11) is 0.916. The fourth-order valence-corrected chi connectivity index (χ4v) is 0.491. The molecule has 0 spiro atoms. The minimum absolute atomic E-state index is 0.916. The quantitative estimate of drug-likeness (QED) is 0.409. The van der Waals surface area contributed by atoms with Crippen molar-refractivity contribution in [2.75, 3.05) is 7.11 Å². The fourth-order valence-electron chi connectivity index (χ4n) is 0.237. The van der Waals surface area contributed by atoms with E-state index in [9.17, 15) is 18.0 Å². The van der Waals surface area contributed by atoms with Crippen molar-refractivity contribution in [2.45, 2.75) is 10.1 Å². The van der Waals surface area contributed by atoms with Crippen LogP contribution >= 0.6 is 22.6 Å². The number of halogens is 4. The molecule has 0 unspecified atom stereocenters. The largest absolute Gasteiger partial charge is 0.468 e. The van der Waals surface area contributed by atoms with Crippen molar-refractivity contribution in [1.82, 2.24) is 0 Å². The summed E-state index contributed by atoms with van der Waals surface area (Å²) in [6, 6.07) is 0. The number of carbonyl (C=O) groups excluding carboxylic acids is 1. The topological polar surface area (TPSA) is 26.3 Å². The summed E-state index contributed by atoms with van der Waals surface area (Å²) < 4.78 is 36.5. The van der Waals surface area contributed by atoms with Crippen molar-refractivity contribution in [3.63, 3.8) is 0 Å². The van der Waals surface area contributed by atoms with Crippen LogP contribution in [0.5, 0.6) is 0 Å². The van der Waals surface area contributed by atoms with E-state index in [2.05, 4.69) is 4.74 Å². The average molecular weight is 268 g/mol. The second-order valence-electron chi connectivity index (χ2n) is 1.43. The lowest BCUT2D eigenvalue weighted by Crippen LogP contribution is -2.31. The van der Waals surface area contributed by atoms with Gasteiger partial charge < -0.3 is 4.74 Å². The number of rotatable bonds is 1. The molecular weight excluding hydrogens is 264 g/mol. The Morgan fingerprint density at radius 2 is 2.00 bits per heavy atom. The average Bonchev–Trinajstić information content (AvgIpc) is 1.83. The predicted octanol–water partition coefficient (Wildman–Crippen LogP) is 1.53. The molecular formula is C4H4F3IO2. The predicted molar refractivity (Wildman–Crippen MR) is 35.9 cm³/mol. The highest BCUT2D eigenvalue weighted by molar-refractivity contribution is 14.1. The maximum atomic E-state index is 11.6. The molecule has 0 saturated heterocycles. The molecule has 0 fully saturated rings. The maximum absolute atomic E-state index is 11.6. The monoisotopic (exact) mass is 268 g/mol. The third kappa shape index (κ3) is 2.72. The Hall–Kier alpha value is -0.0100. The van der Waals surface area contributed by atoms with Crippen molar-refractivity contribution in [1.29, 1.82) is 0 Å². The molecule has 0 radical (unpaired) electrons. The number of alkyl halides is 4. The molecule has 0 saturated carbocycles. The fraction of sp³-hybridized carbons (Fsp3) is 0.750. The van der Waals surface area contributed by atoms with Gasteiger partial charge in [0.1, 0.15) is 0 Å². The molecule has 60 valence electrons. The SMILES string of the molecule is COC(=O)[C@H](I)C(F)(F)F. The molecule has 2 nitrogen and oxygen atoms in total. The number of hydrogen-bond donors (Lipinski definition) is 0. The van der Waals surface area contributed by atoms with Crippen molar-refractivity contribution in [3.05, 3.63) is 0 Å². The normalized spacial score (nSPS) is 14.5. The zero-order valence-electron chi connectivity index (χ0n) is 4.91. The summed E-state index contributed by atoms with van der Waals surface area (Å²) in [6.45, 7) is 0. The van der Waals surface area contributed by atoms with Gasteiger partial charge in [0.15, 0.2) is 0 Å². The van der Waals surface area contributed by atoms with Gasteiger partial charge in [-0.1, -0.05) is 22.6 Å². The summed E-state index contributed by atoms with van der Waals surface area (Å²) in [4.78, 5) is 10.2. The molecule has 0 aromatic heterocycles. The highest BCUT2D eigenvalue weighted by Crippen LogP contribution is 2.27. The molecule has 0 N–H and O–H groups in total. The van der Waals surface area contributed by atoms with Gasteiger partial charge in [0, 0.05) is 0 Å². The molecule has 0 aliphatic rings. The van der Waals surface area contributed by atoms with E-state index in [4.69, 9.17) is 0 Å². The third-order valence-electron chi connectivity index (χ3n) is 0.696. The van der Waals surface area contributed by atoms with E-state index in [0.29, 0.717) is 0 Å². The van der Waals surface area contributed by atoms with Gasteiger partial charge in [-0.25, -0.2) is 0 Å². The van der Waals surface area contributed by atoms with E-state index >= 15 is 0 Å². The number of ether oxygens (including phenoxy) is 1. The second-order valence-corrected chi connectivity index (χ2v) is 2.67. The molecule has 0 bridgehead atoms. The van der Waals surface area contributed by atoms with E-state index in [1.165, 1.54) is 0 Å². The van der Waals surface area contributed by atoms with Crippen LogP contribution in [-0.2, 0) is 9.53 Å². The van der Waals surface area contributed by atoms with Gasteiger partial charge >= 0.3 is 12.1 Å². The van der Waals surface area contributed by atoms with Crippen molar-refractivity contribution < 1.29 is 22.7 Å². The summed E-state index contributed by atoms with van der Waals surface area (Å²) >= 11 is 0.975. The van der Waals surface area contributed by atoms with Crippen LogP contribution in [-0.4, -0.2) is 23.2 Å². The molecule has 6 heteroatoms. The minimum atomic E-state index is -4.51. The Bertz CT molecular complexity index is 133. The number of carbonyl (C=O) groups is 1. The summed E-state index contributed by atoms with van der Waals surface area (Å²) in [5.41, 5.74) is 0. The molecule has 0 rings (SSSR count). The van der Waals surface area contributed by atoms with Crippen LogP contribution in [0.4, 0.5) is 13.2 Å². The Morgan fingerprint density at radius 3 is 2.10 bits per heavy atom. The van der Waals surface area contributed by atoms with E-state index in [-0.39, 0.29) is 0 Å². The summed E-state index contributed by atoms with van der Waals surface area (Å²) in [5.74, 6) is -1.27. The second kappa shape index (κ2) is 3.40. The highest BCUT2D eigenvalue weighted by Gasteiger charge is 2.43. The van der Waals surface area contributed by atoms with Crippen molar-refractivity contribution in [2.24, 2.45) is 0 Å².